The first kappa shape index (κ1) is 13.3. The van der Waals surface area contributed by atoms with Crippen molar-refractivity contribution >= 4 is 5.84 Å². The minimum absolute atomic E-state index is 0.331. The van der Waals surface area contributed by atoms with Crippen LogP contribution in [0, 0.1) is 5.92 Å². The quantitative estimate of drug-likeness (QED) is 0.194. The maximum atomic E-state index is 8.35. The number of hydrogen-bond acceptors (Lipinski definition) is 4. The number of nitrogens with zero attached hydrogens (tertiary/aromatic N) is 2. The summed E-state index contributed by atoms with van der Waals surface area (Å²) < 4.78 is 0. The monoisotopic (exact) mass is 228 g/mol. The molecule has 5 heteroatoms. The van der Waals surface area contributed by atoms with Crippen molar-refractivity contribution in [2.75, 3.05) is 33.2 Å². The zero-order chi connectivity index (χ0) is 11.8. The summed E-state index contributed by atoms with van der Waals surface area (Å²) in [7, 11) is 2.18. The number of nitrogens with one attached hydrogen (secondary N) is 1. The van der Waals surface area contributed by atoms with Gasteiger partial charge in [-0.3, -0.25) is 0 Å². The van der Waals surface area contributed by atoms with Gasteiger partial charge in [0, 0.05) is 13.0 Å². The van der Waals surface area contributed by atoms with Gasteiger partial charge in [0.2, 0.25) is 0 Å². The largest absolute Gasteiger partial charge is 0.409 e. The van der Waals surface area contributed by atoms with Gasteiger partial charge in [0.25, 0.3) is 0 Å². The van der Waals surface area contributed by atoms with Crippen LogP contribution in [0.2, 0.25) is 0 Å². The van der Waals surface area contributed by atoms with E-state index in [1.54, 1.807) is 0 Å². The molecule has 1 heterocycles. The summed E-state index contributed by atoms with van der Waals surface area (Å²) in [5, 5.41) is 14.8. The van der Waals surface area contributed by atoms with Crippen molar-refractivity contribution in [2.24, 2.45) is 16.8 Å². The van der Waals surface area contributed by atoms with E-state index in [9.17, 15) is 0 Å². The summed E-state index contributed by atoms with van der Waals surface area (Å²) in [6.45, 7) is 4.60. The van der Waals surface area contributed by atoms with E-state index in [2.05, 4.69) is 22.4 Å². The summed E-state index contributed by atoms with van der Waals surface area (Å²) in [6.07, 6.45) is 4.06. The molecule has 1 atom stereocenters. The van der Waals surface area contributed by atoms with Crippen LogP contribution in [0.3, 0.4) is 0 Å². The molecule has 1 fully saturated rings. The molecule has 0 aromatic rings. The van der Waals surface area contributed by atoms with Gasteiger partial charge >= 0.3 is 0 Å². The molecule has 16 heavy (non-hydrogen) atoms. The van der Waals surface area contributed by atoms with Crippen LogP contribution in [-0.2, 0) is 0 Å². The van der Waals surface area contributed by atoms with Crippen LogP contribution in [0.15, 0.2) is 5.16 Å². The molecule has 1 saturated heterocycles. The van der Waals surface area contributed by atoms with E-state index in [0.717, 1.165) is 31.8 Å². The lowest BCUT2D eigenvalue weighted by Gasteiger charge is -2.11. The van der Waals surface area contributed by atoms with E-state index >= 15 is 0 Å². The zero-order valence-electron chi connectivity index (χ0n) is 10.2. The van der Waals surface area contributed by atoms with Crippen molar-refractivity contribution in [1.82, 2.24) is 10.2 Å². The minimum atomic E-state index is 0.331. The molecule has 0 spiro atoms. The van der Waals surface area contributed by atoms with Crippen LogP contribution in [-0.4, -0.2) is 49.2 Å². The van der Waals surface area contributed by atoms with Crippen molar-refractivity contribution < 1.29 is 5.21 Å². The van der Waals surface area contributed by atoms with E-state index in [0.29, 0.717) is 12.3 Å². The molecule has 4 N–H and O–H groups in total. The molecule has 0 radical (unpaired) electrons. The fourth-order valence-electron chi connectivity index (χ4n) is 2.11. The van der Waals surface area contributed by atoms with Gasteiger partial charge in [0.1, 0.15) is 5.84 Å². The fraction of sp³-hybridized carbons (Fsp3) is 0.909. The Bertz CT molecular complexity index is 220. The molecule has 0 saturated carbocycles. The molecule has 0 amide bonds. The summed E-state index contributed by atoms with van der Waals surface area (Å²) in [5.41, 5.74) is 5.38. The third-order valence-electron chi connectivity index (χ3n) is 3.09. The number of hydrogen-bond donors (Lipinski definition) is 3. The Morgan fingerprint density at radius 1 is 1.56 bits per heavy atom. The van der Waals surface area contributed by atoms with Gasteiger partial charge in [-0.15, -0.1) is 0 Å². The molecule has 1 rings (SSSR count). The highest BCUT2D eigenvalue weighted by Crippen LogP contribution is 2.12. The minimum Gasteiger partial charge on any atom is -0.409 e. The first-order valence-corrected chi connectivity index (χ1v) is 6.08. The Hall–Kier alpha value is -0.810. The Morgan fingerprint density at radius 3 is 3.00 bits per heavy atom. The Labute approximate surface area is 97.7 Å². The Morgan fingerprint density at radius 2 is 2.38 bits per heavy atom. The van der Waals surface area contributed by atoms with Crippen molar-refractivity contribution in [1.29, 1.82) is 0 Å². The second-order valence-electron chi connectivity index (χ2n) is 4.67. The number of likely N-dealkylation sites (tertiary alicyclic amines) is 1. The van der Waals surface area contributed by atoms with Gasteiger partial charge < -0.3 is 21.2 Å². The normalized spacial score (nSPS) is 22.8. The number of unbranched alkanes of at least 4 members (excludes halogenated alkanes) is 1. The van der Waals surface area contributed by atoms with Crippen molar-refractivity contribution in [3.05, 3.63) is 0 Å². The first-order valence-electron chi connectivity index (χ1n) is 6.08. The van der Waals surface area contributed by atoms with Gasteiger partial charge in [0.05, 0.1) is 0 Å². The lowest BCUT2D eigenvalue weighted by Crippen LogP contribution is -2.26. The Kier molecular flexibility index (Phi) is 6.18. The maximum Gasteiger partial charge on any atom is 0.139 e. The molecule has 1 aliphatic heterocycles. The summed E-state index contributed by atoms with van der Waals surface area (Å²) >= 11 is 0. The lowest BCUT2D eigenvalue weighted by molar-refractivity contribution is 0.316. The van der Waals surface area contributed by atoms with Crippen LogP contribution in [0.1, 0.15) is 25.7 Å². The molecule has 0 bridgehead atoms. The standard InChI is InChI=1S/C11H24N4O/c1-15-7-5-10(9-15)8-13-6-3-2-4-11(12)14-16/h10,13,16H,2-9H2,1H3,(H2,12,14). The Balaban J connectivity index is 1.88. The summed E-state index contributed by atoms with van der Waals surface area (Å²) in [6, 6.07) is 0. The van der Waals surface area contributed by atoms with E-state index < -0.39 is 0 Å². The van der Waals surface area contributed by atoms with Gasteiger partial charge in [0.15, 0.2) is 0 Å². The smallest absolute Gasteiger partial charge is 0.139 e. The molecular formula is C11H24N4O. The molecular weight excluding hydrogens is 204 g/mol. The maximum absolute atomic E-state index is 8.35. The average molecular weight is 228 g/mol. The van der Waals surface area contributed by atoms with E-state index in [1.165, 1.54) is 19.5 Å². The first-order chi connectivity index (χ1) is 7.72. The zero-order valence-corrected chi connectivity index (χ0v) is 10.2. The lowest BCUT2D eigenvalue weighted by atomic mass is 10.1. The SMILES string of the molecule is CN1CCC(CNCCCCC(N)=NO)C1. The third-order valence-corrected chi connectivity index (χ3v) is 3.09. The molecule has 1 aliphatic rings. The highest BCUT2D eigenvalue weighted by Gasteiger charge is 2.18. The van der Waals surface area contributed by atoms with E-state index in [-0.39, 0.29) is 0 Å². The molecule has 1 unspecified atom stereocenters. The van der Waals surface area contributed by atoms with Gasteiger partial charge in [-0.2, -0.15) is 0 Å². The molecule has 0 aromatic heterocycles. The summed E-state index contributed by atoms with van der Waals surface area (Å²) in [5.74, 6) is 1.14. The van der Waals surface area contributed by atoms with Crippen molar-refractivity contribution in [3.63, 3.8) is 0 Å². The third kappa shape index (κ3) is 5.32. The molecule has 0 aromatic carbocycles. The van der Waals surface area contributed by atoms with E-state index in [4.69, 9.17) is 10.9 Å². The second-order valence-corrected chi connectivity index (χ2v) is 4.67. The van der Waals surface area contributed by atoms with Crippen LogP contribution < -0.4 is 11.1 Å². The van der Waals surface area contributed by atoms with Crippen molar-refractivity contribution in [3.8, 4) is 0 Å². The van der Waals surface area contributed by atoms with Crippen LogP contribution in [0.5, 0.6) is 0 Å². The predicted molar refractivity (Wildman–Crippen MR) is 65.7 cm³/mol. The second kappa shape index (κ2) is 7.46. The molecule has 5 nitrogen and oxygen atoms in total. The number of amidine groups is 1. The van der Waals surface area contributed by atoms with Gasteiger partial charge in [-0.1, -0.05) is 5.16 Å². The van der Waals surface area contributed by atoms with Gasteiger partial charge in [-0.05, 0) is 51.9 Å². The molecule has 94 valence electrons. The van der Waals surface area contributed by atoms with E-state index in [1.807, 2.05) is 0 Å². The average Bonchev–Trinajstić information content (AvgIpc) is 2.69. The molecule has 0 aliphatic carbocycles. The topological polar surface area (TPSA) is 73.9 Å². The van der Waals surface area contributed by atoms with Crippen LogP contribution in [0.25, 0.3) is 0 Å². The number of rotatable bonds is 7. The fourth-order valence-corrected chi connectivity index (χ4v) is 2.11. The number of nitrogens with two attached hydrogens (primary N) is 1. The van der Waals surface area contributed by atoms with Crippen LogP contribution in [0.4, 0.5) is 0 Å². The van der Waals surface area contributed by atoms with Crippen LogP contribution >= 0.6 is 0 Å². The highest BCUT2D eigenvalue weighted by atomic mass is 16.4. The van der Waals surface area contributed by atoms with Gasteiger partial charge in [-0.25, -0.2) is 0 Å². The summed E-state index contributed by atoms with van der Waals surface area (Å²) in [4.78, 5) is 2.38. The number of oxime groups is 1. The van der Waals surface area contributed by atoms with Crippen molar-refractivity contribution in [2.45, 2.75) is 25.7 Å². The predicted octanol–water partition coefficient (Wildman–Crippen LogP) is 0.444. The highest BCUT2D eigenvalue weighted by molar-refractivity contribution is 5.79.